The third kappa shape index (κ3) is 3.14. The van der Waals surface area contributed by atoms with Crippen molar-refractivity contribution in [2.45, 2.75) is 45.4 Å². The summed E-state index contributed by atoms with van der Waals surface area (Å²) in [6.45, 7) is 8.76. The Balaban J connectivity index is 1.62. The molecule has 0 bridgehead atoms. The van der Waals surface area contributed by atoms with Crippen molar-refractivity contribution in [2.24, 2.45) is 0 Å². The van der Waals surface area contributed by atoms with Crippen LogP contribution in [-0.2, 0) is 9.47 Å². The first-order chi connectivity index (χ1) is 10.5. The Labute approximate surface area is 135 Å². The lowest BCUT2D eigenvalue weighted by Gasteiger charge is -2.38. The number of piperidine rings is 1. The third-order valence-corrected chi connectivity index (χ3v) is 5.39. The molecular weight excluding hydrogens is 300 g/mol. The molecule has 0 unspecified atom stereocenters. The zero-order valence-corrected chi connectivity index (χ0v) is 14.3. The fourth-order valence-corrected chi connectivity index (χ4v) is 4.35. The van der Waals surface area contributed by atoms with Gasteiger partial charge in [-0.2, -0.15) is 0 Å². The average Bonchev–Trinajstić information content (AvgIpc) is 3.05. The second kappa shape index (κ2) is 6.18. The van der Waals surface area contributed by atoms with Crippen molar-refractivity contribution in [3.05, 3.63) is 21.4 Å². The van der Waals surface area contributed by atoms with Gasteiger partial charge in [0, 0.05) is 22.7 Å². The predicted octanol–water partition coefficient (Wildman–Crippen LogP) is 2.97. The zero-order chi connectivity index (χ0) is 15.7. The third-order valence-electron chi connectivity index (χ3n) is 4.40. The predicted molar refractivity (Wildman–Crippen MR) is 86.2 cm³/mol. The van der Waals surface area contributed by atoms with E-state index >= 15 is 0 Å². The second-order valence-corrected chi connectivity index (χ2v) is 7.63. The minimum Gasteiger partial charge on any atom is -0.346 e. The van der Waals surface area contributed by atoms with E-state index < -0.39 is 5.79 Å². The Kier molecular flexibility index (Phi) is 4.43. The van der Waals surface area contributed by atoms with Gasteiger partial charge in [0.15, 0.2) is 5.79 Å². The van der Waals surface area contributed by atoms with E-state index in [2.05, 4.69) is 25.2 Å². The lowest BCUT2D eigenvalue weighted by molar-refractivity contribution is -0.182. The van der Waals surface area contributed by atoms with E-state index in [1.807, 2.05) is 11.8 Å². The summed E-state index contributed by atoms with van der Waals surface area (Å²) in [5, 5.41) is 3.11. The molecule has 3 heterocycles. The van der Waals surface area contributed by atoms with Gasteiger partial charge in [-0.1, -0.05) is 0 Å². The molecule has 0 aromatic carbocycles. The van der Waals surface area contributed by atoms with Crippen LogP contribution in [0.3, 0.4) is 0 Å². The van der Waals surface area contributed by atoms with Crippen molar-refractivity contribution in [3.63, 3.8) is 0 Å². The van der Waals surface area contributed by atoms with Gasteiger partial charge in [0.2, 0.25) is 0 Å². The fourth-order valence-electron chi connectivity index (χ4n) is 3.33. The number of hydrogen-bond acceptors (Lipinski definition) is 4. The first-order valence-corrected chi connectivity index (χ1v) is 8.71. The molecule has 122 valence electrons. The number of likely N-dealkylation sites (tertiary alicyclic amines) is 1. The molecule has 2 amide bonds. The highest BCUT2D eigenvalue weighted by atomic mass is 32.1. The number of hydrogen-bond donors (Lipinski definition) is 1. The van der Waals surface area contributed by atoms with Crippen molar-refractivity contribution in [2.75, 3.05) is 26.3 Å². The molecule has 6 heteroatoms. The van der Waals surface area contributed by atoms with Gasteiger partial charge in [0.05, 0.1) is 25.8 Å². The van der Waals surface area contributed by atoms with E-state index in [0.717, 1.165) is 19.4 Å². The van der Waals surface area contributed by atoms with Crippen LogP contribution in [0, 0.1) is 13.8 Å². The molecule has 2 aliphatic heterocycles. The van der Waals surface area contributed by atoms with Gasteiger partial charge in [-0.15, -0.1) is 11.3 Å². The molecule has 0 saturated carbocycles. The van der Waals surface area contributed by atoms with Crippen molar-refractivity contribution in [1.29, 1.82) is 0 Å². The number of amides is 2. The van der Waals surface area contributed by atoms with Crippen LogP contribution < -0.4 is 5.32 Å². The Morgan fingerprint density at radius 1 is 1.41 bits per heavy atom. The molecule has 0 radical (unpaired) electrons. The van der Waals surface area contributed by atoms with Gasteiger partial charge in [0.25, 0.3) is 0 Å². The maximum atomic E-state index is 12.5. The van der Waals surface area contributed by atoms with Crippen LogP contribution in [0.15, 0.2) is 6.07 Å². The molecule has 1 aromatic heterocycles. The maximum absolute atomic E-state index is 12.5. The Bertz CT molecular complexity index is 552. The first-order valence-electron chi connectivity index (χ1n) is 7.89. The van der Waals surface area contributed by atoms with Crippen LogP contribution in [0.2, 0.25) is 0 Å². The normalized spacial score (nSPS) is 22.0. The smallest absolute Gasteiger partial charge is 0.318 e. The molecule has 1 atom stereocenters. The van der Waals surface area contributed by atoms with Gasteiger partial charge in [0.1, 0.15) is 0 Å². The summed E-state index contributed by atoms with van der Waals surface area (Å²) < 4.78 is 11.5. The van der Waals surface area contributed by atoms with Gasteiger partial charge < -0.3 is 19.7 Å². The van der Waals surface area contributed by atoms with E-state index in [4.69, 9.17) is 9.47 Å². The highest BCUT2D eigenvalue weighted by Crippen LogP contribution is 2.31. The van der Waals surface area contributed by atoms with Crippen LogP contribution in [0.1, 0.15) is 41.1 Å². The number of thiophene rings is 1. The molecule has 5 nitrogen and oxygen atoms in total. The van der Waals surface area contributed by atoms with Gasteiger partial charge in [-0.25, -0.2) is 4.79 Å². The molecule has 0 aliphatic carbocycles. The topological polar surface area (TPSA) is 50.8 Å². The number of rotatable bonds is 2. The minimum atomic E-state index is -0.562. The molecular formula is C16H24N2O3S. The number of nitrogens with one attached hydrogen (secondary N) is 1. The summed E-state index contributed by atoms with van der Waals surface area (Å²) in [6, 6.07) is 2.14. The molecule has 1 spiro atoms. The lowest BCUT2D eigenvalue weighted by Crippen LogP contribution is -2.53. The highest BCUT2D eigenvalue weighted by molar-refractivity contribution is 7.12. The van der Waals surface area contributed by atoms with Crippen molar-refractivity contribution < 1.29 is 14.3 Å². The quantitative estimate of drug-likeness (QED) is 0.910. The standard InChI is InChI=1S/C16H24N2O3S/c1-11-9-14(13(3)22-11)12(2)17-15(19)18-6-4-5-16(10-18)20-7-8-21-16/h9,12H,4-8,10H2,1-3H3,(H,17,19)/t12-/m1/s1. The van der Waals surface area contributed by atoms with Crippen LogP contribution >= 0.6 is 11.3 Å². The number of carbonyl (C=O) groups is 1. The summed E-state index contributed by atoms with van der Waals surface area (Å²) in [4.78, 5) is 16.9. The van der Waals surface area contributed by atoms with Crippen molar-refractivity contribution in [1.82, 2.24) is 10.2 Å². The SMILES string of the molecule is Cc1cc([C@@H](C)NC(=O)N2CCCC3(C2)OCCO3)c(C)s1. The molecule has 2 saturated heterocycles. The lowest BCUT2D eigenvalue weighted by atomic mass is 10.0. The molecule has 2 aliphatic rings. The van der Waals surface area contributed by atoms with Crippen LogP contribution in [0.4, 0.5) is 4.79 Å². The van der Waals surface area contributed by atoms with E-state index in [1.165, 1.54) is 15.3 Å². The molecule has 2 fully saturated rings. The number of urea groups is 1. The van der Waals surface area contributed by atoms with E-state index in [9.17, 15) is 4.79 Å². The number of ether oxygens (including phenoxy) is 2. The summed E-state index contributed by atoms with van der Waals surface area (Å²) in [7, 11) is 0. The van der Waals surface area contributed by atoms with Crippen LogP contribution in [-0.4, -0.2) is 43.0 Å². The van der Waals surface area contributed by atoms with Gasteiger partial charge in [-0.3, -0.25) is 0 Å². The molecule has 3 rings (SSSR count). The average molecular weight is 324 g/mol. The largest absolute Gasteiger partial charge is 0.346 e. The van der Waals surface area contributed by atoms with Crippen LogP contribution in [0.5, 0.6) is 0 Å². The Morgan fingerprint density at radius 2 is 2.14 bits per heavy atom. The van der Waals surface area contributed by atoms with E-state index in [1.54, 1.807) is 11.3 Å². The molecule has 1 aromatic rings. The number of aryl methyl sites for hydroxylation is 2. The highest BCUT2D eigenvalue weighted by Gasteiger charge is 2.42. The summed E-state index contributed by atoms with van der Waals surface area (Å²) in [5.41, 5.74) is 1.20. The summed E-state index contributed by atoms with van der Waals surface area (Å²) >= 11 is 1.77. The zero-order valence-electron chi connectivity index (χ0n) is 13.5. The summed E-state index contributed by atoms with van der Waals surface area (Å²) in [5.74, 6) is -0.562. The number of nitrogens with zero attached hydrogens (tertiary/aromatic N) is 1. The first kappa shape index (κ1) is 15.8. The number of carbonyl (C=O) groups excluding carboxylic acids is 1. The monoisotopic (exact) mass is 324 g/mol. The fraction of sp³-hybridized carbons (Fsp3) is 0.688. The minimum absolute atomic E-state index is 0.0146. The Morgan fingerprint density at radius 3 is 2.77 bits per heavy atom. The summed E-state index contributed by atoms with van der Waals surface area (Å²) in [6.07, 6.45) is 1.79. The van der Waals surface area contributed by atoms with Gasteiger partial charge >= 0.3 is 6.03 Å². The molecule has 22 heavy (non-hydrogen) atoms. The second-order valence-electron chi connectivity index (χ2n) is 6.17. The maximum Gasteiger partial charge on any atom is 0.318 e. The van der Waals surface area contributed by atoms with Gasteiger partial charge in [-0.05, 0) is 38.8 Å². The Hall–Kier alpha value is -1.11. The molecule has 1 N–H and O–H groups in total. The van der Waals surface area contributed by atoms with Crippen molar-refractivity contribution in [3.8, 4) is 0 Å². The van der Waals surface area contributed by atoms with E-state index in [0.29, 0.717) is 19.8 Å². The van der Waals surface area contributed by atoms with Crippen molar-refractivity contribution >= 4 is 17.4 Å². The van der Waals surface area contributed by atoms with Crippen LogP contribution in [0.25, 0.3) is 0 Å². The van der Waals surface area contributed by atoms with E-state index in [-0.39, 0.29) is 12.1 Å².